The lowest BCUT2D eigenvalue weighted by molar-refractivity contribution is 0.0923. The van der Waals surface area contributed by atoms with E-state index in [1.54, 1.807) is 6.07 Å². The van der Waals surface area contributed by atoms with Gasteiger partial charge in [-0.2, -0.15) is 0 Å². The zero-order valence-corrected chi connectivity index (χ0v) is 11.3. The summed E-state index contributed by atoms with van der Waals surface area (Å²) >= 11 is 0. The molecule has 0 heterocycles. The van der Waals surface area contributed by atoms with Gasteiger partial charge in [-0.25, -0.2) is 0 Å². The normalized spacial score (nSPS) is 14.8. The molecular weight excluding hydrogens is 242 g/mol. The van der Waals surface area contributed by atoms with Crippen LogP contribution < -0.4 is 0 Å². The number of ketones is 1. The van der Waals surface area contributed by atoms with Gasteiger partial charge in [-0.1, -0.05) is 13.3 Å². The highest BCUT2D eigenvalue weighted by molar-refractivity contribution is 5.98. The lowest BCUT2D eigenvalue weighted by atomic mass is 10.1. The van der Waals surface area contributed by atoms with Gasteiger partial charge < -0.3 is 10.2 Å². The number of Topliss-reactive ketones (excluding diaryl/α,β-unsaturated/α-hetero) is 1. The van der Waals surface area contributed by atoms with Gasteiger partial charge in [0, 0.05) is 11.6 Å². The Morgan fingerprint density at radius 1 is 1.32 bits per heavy atom. The van der Waals surface area contributed by atoms with E-state index < -0.39 is 0 Å². The minimum Gasteiger partial charge on any atom is -0.504 e. The van der Waals surface area contributed by atoms with Crippen LogP contribution in [0, 0.1) is 0 Å². The van der Waals surface area contributed by atoms with Crippen molar-refractivity contribution in [1.29, 1.82) is 0 Å². The maximum atomic E-state index is 12.2. The van der Waals surface area contributed by atoms with Crippen molar-refractivity contribution in [1.82, 2.24) is 4.90 Å². The molecule has 0 spiro atoms. The van der Waals surface area contributed by atoms with Gasteiger partial charge in [0.2, 0.25) is 0 Å². The SMILES string of the molecule is CCCCN(CC(=O)c1ccc(O)c(O)c1)C1CC1. The van der Waals surface area contributed by atoms with Crippen LogP contribution in [0.25, 0.3) is 0 Å². The van der Waals surface area contributed by atoms with E-state index in [4.69, 9.17) is 0 Å². The molecule has 0 amide bonds. The molecule has 0 saturated heterocycles. The number of phenols is 2. The summed E-state index contributed by atoms with van der Waals surface area (Å²) in [6, 6.07) is 4.81. The van der Waals surface area contributed by atoms with E-state index >= 15 is 0 Å². The van der Waals surface area contributed by atoms with Crippen LogP contribution in [0.15, 0.2) is 18.2 Å². The van der Waals surface area contributed by atoms with Crippen molar-refractivity contribution in [3.63, 3.8) is 0 Å². The van der Waals surface area contributed by atoms with Gasteiger partial charge in [-0.3, -0.25) is 9.69 Å². The van der Waals surface area contributed by atoms with E-state index in [9.17, 15) is 15.0 Å². The smallest absolute Gasteiger partial charge is 0.176 e. The first kappa shape index (κ1) is 13.9. The van der Waals surface area contributed by atoms with Crippen LogP contribution in [-0.2, 0) is 0 Å². The number of carbonyl (C=O) groups excluding carboxylic acids is 1. The summed E-state index contributed by atoms with van der Waals surface area (Å²) in [5, 5.41) is 18.7. The molecular formula is C15H21NO3. The standard InChI is InChI=1S/C15H21NO3/c1-2-3-8-16(12-5-6-12)10-15(19)11-4-7-13(17)14(18)9-11/h4,7,9,12,17-18H,2-3,5-6,8,10H2,1H3. The molecule has 19 heavy (non-hydrogen) atoms. The van der Waals surface area contributed by atoms with Crippen molar-refractivity contribution >= 4 is 5.78 Å². The Bertz CT molecular complexity index is 455. The molecule has 1 aliphatic rings. The maximum Gasteiger partial charge on any atom is 0.176 e. The van der Waals surface area contributed by atoms with Crippen molar-refractivity contribution in [2.45, 2.75) is 38.6 Å². The number of aromatic hydroxyl groups is 2. The number of benzene rings is 1. The lowest BCUT2D eigenvalue weighted by Gasteiger charge is -2.20. The molecule has 1 aliphatic carbocycles. The van der Waals surface area contributed by atoms with Gasteiger partial charge in [0.1, 0.15) is 0 Å². The van der Waals surface area contributed by atoms with Crippen molar-refractivity contribution in [2.24, 2.45) is 0 Å². The highest BCUT2D eigenvalue weighted by atomic mass is 16.3. The molecule has 0 aromatic heterocycles. The molecule has 1 saturated carbocycles. The van der Waals surface area contributed by atoms with Crippen molar-refractivity contribution in [2.75, 3.05) is 13.1 Å². The Morgan fingerprint density at radius 3 is 2.63 bits per heavy atom. The fourth-order valence-electron chi connectivity index (χ4n) is 2.16. The van der Waals surface area contributed by atoms with E-state index in [2.05, 4.69) is 11.8 Å². The van der Waals surface area contributed by atoms with Gasteiger partial charge >= 0.3 is 0 Å². The fraction of sp³-hybridized carbons (Fsp3) is 0.533. The van der Waals surface area contributed by atoms with E-state index in [1.807, 2.05) is 0 Å². The largest absolute Gasteiger partial charge is 0.504 e. The second kappa shape index (κ2) is 6.06. The minimum absolute atomic E-state index is 0.00157. The van der Waals surface area contributed by atoms with Gasteiger partial charge in [-0.15, -0.1) is 0 Å². The van der Waals surface area contributed by atoms with Crippen LogP contribution in [0.5, 0.6) is 11.5 Å². The maximum absolute atomic E-state index is 12.2. The average Bonchev–Trinajstić information content (AvgIpc) is 3.21. The van der Waals surface area contributed by atoms with Crippen LogP contribution in [0.1, 0.15) is 43.0 Å². The molecule has 0 atom stereocenters. The molecule has 1 fully saturated rings. The van der Waals surface area contributed by atoms with Gasteiger partial charge in [0.25, 0.3) is 0 Å². The number of hydrogen-bond donors (Lipinski definition) is 2. The first-order valence-corrected chi connectivity index (χ1v) is 6.91. The van der Waals surface area contributed by atoms with E-state index in [-0.39, 0.29) is 17.3 Å². The molecule has 0 radical (unpaired) electrons. The van der Waals surface area contributed by atoms with Gasteiger partial charge in [-0.05, 0) is 44.0 Å². The van der Waals surface area contributed by atoms with Gasteiger partial charge in [0.05, 0.1) is 6.54 Å². The van der Waals surface area contributed by atoms with Crippen LogP contribution in [-0.4, -0.2) is 40.0 Å². The second-order valence-corrected chi connectivity index (χ2v) is 5.18. The van der Waals surface area contributed by atoms with Crippen LogP contribution >= 0.6 is 0 Å². The molecule has 4 nitrogen and oxygen atoms in total. The molecule has 1 aromatic carbocycles. The number of nitrogens with zero attached hydrogens (tertiary/aromatic N) is 1. The predicted octanol–water partition coefficient (Wildman–Crippen LogP) is 2.55. The zero-order chi connectivity index (χ0) is 13.8. The third kappa shape index (κ3) is 3.70. The van der Waals surface area contributed by atoms with E-state index in [0.717, 1.165) is 19.4 Å². The van der Waals surface area contributed by atoms with Gasteiger partial charge in [0.15, 0.2) is 17.3 Å². The first-order chi connectivity index (χ1) is 9.11. The third-order valence-electron chi connectivity index (χ3n) is 3.51. The first-order valence-electron chi connectivity index (χ1n) is 6.91. The fourth-order valence-corrected chi connectivity index (χ4v) is 2.16. The molecule has 2 N–H and O–H groups in total. The molecule has 0 aliphatic heterocycles. The molecule has 4 heteroatoms. The predicted molar refractivity (Wildman–Crippen MR) is 73.6 cm³/mol. The monoisotopic (exact) mass is 263 g/mol. The molecule has 0 bridgehead atoms. The summed E-state index contributed by atoms with van der Waals surface area (Å²) in [4.78, 5) is 14.4. The number of hydrogen-bond acceptors (Lipinski definition) is 4. The highest BCUT2D eigenvalue weighted by Crippen LogP contribution is 2.28. The summed E-state index contributed by atoms with van der Waals surface area (Å²) in [5.74, 6) is -0.433. The Morgan fingerprint density at radius 2 is 2.05 bits per heavy atom. The van der Waals surface area contributed by atoms with E-state index in [0.29, 0.717) is 18.2 Å². The lowest BCUT2D eigenvalue weighted by Crippen LogP contribution is -2.32. The molecule has 104 valence electrons. The van der Waals surface area contributed by atoms with Crippen molar-refractivity contribution in [3.8, 4) is 11.5 Å². The zero-order valence-electron chi connectivity index (χ0n) is 11.3. The molecule has 0 unspecified atom stereocenters. The summed E-state index contributed by atoms with van der Waals surface area (Å²) < 4.78 is 0. The Kier molecular flexibility index (Phi) is 4.43. The minimum atomic E-state index is -0.239. The molecule has 1 aromatic rings. The number of rotatable bonds is 7. The Balaban J connectivity index is 1.99. The third-order valence-corrected chi connectivity index (χ3v) is 3.51. The molecule has 2 rings (SSSR count). The average molecular weight is 263 g/mol. The quantitative estimate of drug-likeness (QED) is 0.586. The Labute approximate surface area is 113 Å². The summed E-state index contributed by atoms with van der Waals surface area (Å²) in [6.07, 6.45) is 4.58. The van der Waals surface area contributed by atoms with E-state index in [1.165, 1.54) is 25.0 Å². The van der Waals surface area contributed by atoms with Crippen LogP contribution in [0.2, 0.25) is 0 Å². The second-order valence-electron chi connectivity index (χ2n) is 5.18. The number of phenolic OH excluding ortho intramolecular Hbond substituents is 2. The van der Waals surface area contributed by atoms with Crippen molar-refractivity contribution in [3.05, 3.63) is 23.8 Å². The summed E-state index contributed by atoms with van der Waals surface area (Å²) in [7, 11) is 0. The highest BCUT2D eigenvalue weighted by Gasteiger charge is 2.29. The topological polar surface area (TPSA) is 60.8 Å². The summed E-state index contributed by atoms with van der Waals surface area (Å²) in [6.45, 7) is 3.50. The number of carbonyl (C=O) groups is 1. The van der Waals surface area contributed by atoms with Crippen molar-refractivity contribution < 1.29 is 15.0 Å². The van der Waals surface area contributed by atoms with Crippen LogP contribution in [0.3, 0.4) is 0 Å². The summed E-state index contributed by atoms with van der Waals surface area (Å²) in [5.41, 5.74) is 0.456. The van der Waals surface area contributed by atoms with Crippen LogP contribution in [0.4, 0.5) is 0 Å². The number of unbranched alkanes of at least 4 members (excludes halogenated alkanes) is 1. The Hall–Kier alpha value is -1.55.